The van der Waals surface area contributed by atoms with E-state index in [-0.39, 0.29) is 5.82 Å². The maximum absolute atomic E-state index is 14.7. The van der Waals surface area contributed by atoms with Crippen molar-refractivity contribution in [2.24, 2.45) is 4.99 Å². The molecule has 6 nitrogen and oxygen atoms in total. The van der Waals surface area contributed by atoms with Gasteiger partial charge in [-0.3, -0.25) is 9.89 Å². The summed E-state index contributed by atoms with van der Waals surface area (Å²) in [4.78, 5) is 11.2. The molecular weight excluding hydrogens is 393 g/mol. The van der Waals surface area contributed by atoms with Crippen molar-refractivity contribution in [2.45, 2.75) is 13.1 Å². The molecule has 0 atom stereocenters. The van der Waals surface area contributed by atoms with Gasteiger partial charge in [-0.1, -0.05) is 36.4 Å². The van der Waals surface area contributed by atoms with E-state index in [0.29, 0.717) is 25.4 Å². The van der Waals surface area contributed by atoms with Crippen molar-refractivity contribution >= 4 is 11.6 Å². The van der Waals surface area contributed by atoms with Crippen LogP contribution in [0.15, 0.2) is 53.5 Å². The van der Waals surface area contributed by atoms with Crippen LogP contribution < -0.4 is 10.2 Å². The molecule has 0 bridgehead atoms. The first-order chi connectivity index (χ1) is 15.2. The number of nitrogens with zero attached hydrogens (tertiary/aromatic N) is 4. The molecule has 2 aliphatic rings. The van der Waals surface area contributed by atoms with Crippen molar-refractivity contribution in [3.8, 4) is 0 Å². The molecule has 0 aromatic heterocycles. The fraction of sp³-hybridized carbons (Fsp3) is 0.458. The van der Waals surface area contributed by atoms with Crippen LogP contribution in [0.4, 0.5) is 10.1 Å². The third kappa shape index (κ3) is 5.74. The zero-order valence-electron chi connectivity index (χ0n) is 18.3. The predicted molar refractivity (Wildman–Crippen MR) is 123 cm³/mol. The number of nitrogens with one attached hydrogen (secondary N) is 1. The monoisotopic (exact) mass is 425 g/mol. The molecule has 2 fully saturated rings. The van der Waals surface area contributed by atoms with Crippen molar-refractivity contribution in [1.82, 2.24) is 15.1 Å². The standard InChI is InChI=1S/C24H32FN5O/c1-26-24(30-11-9-28(10-12-30)19-20-5-3-2-4-6-20)27-18-21-7-8-23(22(25)17-21)29-13-15-31-16-14-29/h2-8,17H,9-16,18-19H2,1H3,(H,26,27). The maximum atomic E-state index is 14.7. The minimum atomic E-state index is -0.175. The molecule has 0 spiro atoms. The fourth-order valence-corrected chi connectivity index (χ4v) is 4.19. The van der Waals surface area contributed by atoms with Gasteiger partial charge < -0.3 is 19.9 Å². The average Bonchev–Trinajstić information content (AvgIpc) is 2.82. The van der Waals surface area contributed by atoms with Gasteiger partial charge in [0.1, 0.15) is 5.82 Å². The molecule has 0 saturated carbocycles. The minimum absolute atomic E-state index is 0.175. The van der Waals surface area contributed by atoms with E-state index >= 15 is 0 Å². The molecule has 2 aromatic rings. The summed E-state index contributed by atoms with van der Waals surface area (Å²) in [6, 6.07) is 16.1. The Morgan fingerprint density at radius 3 is 2.39 bits per heavy atom. The van der Waals surface area contributed by atoms with Gasteiger partial charge in [0, 0.05) is 59.4 Å². The highest BCUT2D eigenvalue weighted by Crippen LogP contribution is 2.21. The number of guanidine groups is 1. The number of halogens is 1. The smallest absolute Gasteiger partial charge is 0.194 e. The van der Waals surface area contributed by atoms with Crippen LogP contribution in [0.3, 0.4) is 0 Å². The van der Waals surface area contributed by atoms with Crippen molar-refractivity contribution in [2.75, 3.05) is 64.4 Å². The van der Waals surface area contributed by atoms with Crippen LogP contribution in [-0.2, 0) is 17.8 Å². The lowest BCUT2D eigenvalue weighted by atomic mass is 10.1. The van der Waals surface area contributed by atoms with Crippen LogP contribution >= 0.6 is 0 Å². The second-order valence-corrected chi connectivity index (χ2v) is 8.03. The SMILES string of the molecule is CN=C(NCc1ccc(N2CCOCC2)c(F)c1)N1CCN(Cc2ccccc2)CC1. The van der Waals surface area contributed by atoms with Crippen LogP contribution in [0.2, 0.25) is 0 Å². The zero-order chi connectivity index (χ0) is 21.5. The highest BCUT2D eigenvalue weighted by Gasteiger charge is 2.20. The molecule has 7 heteroatoms. The second-order valence-electron chi connectivity index (χ2n) is 8.03. The molecule has 2 aliphatic heterocycles. The summed E-state index contributed by atoms with van der Waals surface area (Å²) in [5, 5.41) is 3.40. The van der Waals surface area contributed by atoms with E-state index in [1.54, 1.807) is 13.1 Å². The molecule has 1 N–H and O–H groups in total. The van der Waals surface area contributed by atoms with Gasteiger partial charge in [0.2, 0.25) is 0 Å². The second kappa shape index (κ2) is 10.6. The molecule has 0 amide bonds. The number of morpholine rings is 1. The van der Waals surface area contributed by atoms with Crippen LogP contribution in [0.1, 0.15) is 11.1 Å². The zero-order valence-corrected chi connectivity index (χ0v) is 18.3. The summed E-state index contributed by atoms with van der Waals surface area (Å²) in [5.74, 6) is 0.697. The summed E-state index contributed by atoms with van der Waals surface area (Å²) >= 11 is 0. The molecule has 2 heterocycles. The first kappa shape index (κ1) is 21.6. The quantitative estimate of drug-likeness (QED) is 0.589. The molecule has 2 saturated heterocycles. The van der Waals surface area contributed by atoms with E-state index in [4.69, 9.17) is 4.74 Å². The number of ether oxygens (including phenoxy) is 1. The van der Waals surface area contributed by atoms with Gasteiger partial charge in [-0.05, 0) is 23.3 Å². The van der Waals surface area contributed by atoms with Crippen molar-refractivity contribution in [3.05, 3.63) is 65.5 Å². The van der Waals surface area contributed by atoms with Crippen LogP contribution in [0.25, 0.3) is 0 Å². The number of aliphatic imine (C=N–C) groups is 1. The highest BCUT2D eigenvalue weighted by molar-refractivity contribution is 5.80. The minimum Gasteiger partial charge on any atom is -0.378 e. The summed E-state index contributed by atoms with van der Waals surface area (Å²) in [6.07, 6.45) is 0. The Bertz CT molecular complexity index is 862. The van der Waals surface area contributed by atoms with Crippen molar-refractivity contribution < 1.29 is 9.13 Å². The van der Waals surface area contributed by atoms with Crippen LogP contribution in [-0.4, -0.2) is 75.3 Å². The van der Waals surface area contributed by atoms with E-state index in [1.807, 2.05) is 17.0 Å². The highest BCUT2D eigenvalue weighted by atomic mass is 19.1. The van der Waals surface area contributed by atoms with Gasteiger partial charge in [-0.25, -0.2) is 4.39 Å². The first-order valence-electron chi connectivity index (χ1n) is 11.1. The fourth-order valence-electron chi connectivity index (χ4n) is 4.19. The van der Waals surface area contributed by atoms with Gasteiger partial charge in [-0.2, -0.15) is 0 Å². The Labute approximate surface area is 184 Å². The lowest BCUT2D eigenvalue weighted by Gasteiger charge is -2.36. The number of hydrogen-bond acceptors (Lipinski definition) is 4. The van der Waals surface area contributed by atoms with Crippen LogP contribution in [0, 0.1) is 5.82 Å². The van der Waals surface area contributed by atoms with E-state index in [9.17, 15) is 4.39 Å². The van der Waals surface area contributed by atoms with Crippen molar-refractivity contribution in [1.29, 1.82) is 0 Å². The summed E-state index contributed by atoms with van der Waals surface area (Å²) in [7, 11) is 1.81. The van der Waals surface area contributed by atoms with Gasteiger partial charge in [0.05, 0.1) is 18.9 Å². The number of hydrogen-bond donors (Lipinski definition) is 1. The third-order valence-electron chi connectivity index (χ3n) is 5.95. The summed E-state index contributed by atoms with van der Waals surface area (Å²) in [5.41, 5.74) is 2.92. The molecule has 2 aromatic carbocycles. The Kier molecular flexibility index (Phi) is 7.38. The average molecular weight is 426 g/mol. The summed E-state index contributed by atoms with van der Waals surface area (Å²) in [6.45, 7) is 8.15. The molecule has 166 valence electrons. The first-order valence-corrected chi connectivity index (χ1v) is 11.1. The van der Waals surface area contributed by atoms with Gasteiger partial charge in [0.25, 0.3) is 0 Å². The van der Waals surface area contributed by atoms with Crippen molar-refractivity contribution in [3.63, 3.8) is 0 Å². The third-order valence-corrected chi connectivity index (χ3v) is 5.95. The number of piperazine rings is 1. The molecule has 0 aliphatic carbocycles. The maximum Gasteiger partial charge on any atom is 0.194 e. The topological polar surface area (TPSA) is 43.3 Å². The van der Waals surface area contributed by atoms with Gasteiger partial charge in [-0.15, -0.1) is 0 Å². The van der Waals surface area contributed by atoms with E-state index in [0.717, 1.165) is 57.3 Å². The number of benzene rings is 2. The van der Waals surface area contributed by atoms with E-state index < -0.39 is 0 Å². The largest absolute Gasteiger partial charge is 0.378 e. The van der Waals surface area contributed by atoms with Gasteiger partial charge >= 0.3 is 0 Å². The molecule has 0 radical (unpaired) electrons. The Hall–Kier alpha value is -2.64. The van der Waals surface area contributed by atoms with Gasteiger partial charge in [0.15, 0.2) is 5.96 Å². The van der Waals surface area contributed by atoms with E-state index in [2.05, 4.69) is 50.4 Å². The summed E-state index contributed by atoms with van der Waals surface area (Å²) < 4.78 is 20.0. The Morgan fingerprint density at radius 2 is 1.71 bits per heavy atom. The normalized spacial score (nSPS) is 18.3. The lowest BCUT2D eigenvalue weighted by Crippen LogP contribution is -2.52. The molecular formula is C24H32FN5O. The van der Waals surface area contributed by atoms with Crippen LogP contribution in [0.5, 0.6) is 0 Å². The number of rotatable bonds is 5. The molecule has 0 unspecified atom stereocenters. The lowest BCUT2D eigenvalue weighted by molar-refractivity contribution is 0.122. The number of anilines is 1. The Balaban J connectivity index is 1.27. The predicted octanol–water partition coefficient (Wildman–Crippen LogP) is 2.56. The molecule has 4 rings (SSSR count). The van der Waals surface area contributed by atoms with E-state index in [1.165, 1.54) is 5.56 Å². The molecule has 31 heavy (non-hydrogen) atoms. The Morgan fingerprint density at radius 1 is 0.968 bits per heavy atom.